The molecule has 94 valence electrons. The highest BCUT2D eigenvalue weighted by Gasteiger charge is 2.14. The molecule has 0 saturated carbocycles. The van der Waals surface area contributed by atoms with Gasteiger partial charge in [0.25, 0.3) is 5.91 Å². The van der Waals surface area contributed by atoms with Crippen molar-refractivity contribution >= 4 is 33.8 Å². The molecule has 0 aliphatic rings. The van der Waals surface area contributed by atoms with Gasteiger partial charge in [-0.3, -0.25) is 10.1 Å². The van der Waals surface area contributed by atoms with Gasteiger partial charge in [-0.05, 0) is 18.2 Å². The number of hydrogen-bond donors (Lipinski definition) is 2. The van der Waals surface area contributed by atoms with Crippen molar-refractivity contribution in [1.29, 1.82) is 0 Å². The monoisotopic (exact) mass is 262 g/mol. The Bertz CT molecular complexity index is 551. The lowest BCUT2D eigenvalue weighted by Gasteiger charge is -2.17. The van der Waals surface area contributed by atoms with E-state index in [1.807, 2.05) is 30.4 Å². The van der Waals surface area contributed by atoms with Crippen molar-refractivity contribution in [2.24, 2.45) is 0 Å². The van der Waals surface area contributed by atoms with Crippen molar-refractivity contribution in [2.75, 3.05) is 30.0 Å². The van der Waals surface area contributed by atoms with Gasteiger partial charge in [0.1, 0.15) is 0 Å². The molecular weight excluding hydrogens is 248 g/mol. The fraction of sp³-hybridized carbons (Fsp3) is 0.167. The van der Waals surface area contributed by atoms with Gasteiger partial charge in [-0.25, -0.2) is 4.98 Å². The van der Waals surface area contributed by atoms with Crippen LogP contribution in [-0.2, 0) is 0 Å². The number of hydrogen-bond acceptors (Lipinski definition) is 5. The van der Waals surface area contributed by atoms with E-state index in [0.717, 1.165) is 5.69 Å². The van der Waals surface area contributed by atoms with Gasteiger partial charge in [0, 0.05) is 37.0 Å². The Morgan fingerprint density at radius 2 is 2.22 bits per heavy atom. The molecule has 3 N–H and O–H groups in total. The number of carbonyl (C=O) groups excluding carboxylic acids is 1. The molecule has 18 heavy (non-hydrogen) atoms. The van der Waals surface area contributed by atoms with E-state index >= 15 is 0 Å². The van der Waals surface area contributed by atoms with Gasteiger partial charge in [0.2, 0.25) is 0 Å². The molecule has 0 saturated heterocycles. The lowest BCUT2D eigenvalue weighted by Crippen LogP contribution is -2.18. The van der Waals surface area contributed by atoms with Crippen LogP contribution in [0.3, 0.4) is 0 Å². The standard InChI is InChI=1S/C12H14N4OS/c1-16(2)10-4-3-8(13)7-9(10)11(17)15-12-14-5-6-18-12/h3-7H,13H2,1-2H3,(H,14,15,17). The smallest absolute Gasteiger partial charge is 0.259 e. The number of thiazole rings is 1. The van der Waals surface area contributed by atoms with Crippen LogP contribution in [0.25, 0.3) is 0 Å². The average molecular weight is 262 g/mol. The fourth-order valence-corrected chi connectivity index (χ4v) is 2.10. The van der Waals surface area contributed by atoms with E-state index < -0.39 is 0 Å². The van der Waals surface area contributed by atoms with Crippen LogP contribution in [0.5, 0.6) is 0 Å². The number of amides is 1. The topological polar surface area (TPSA) is 71.2 Å². The highest BCUT2D eigenvalue weighted by atomic mass is 32.1. The van der Waals surface area contributed by atoms with Crippen LogP contribution in [-0.4, -0.2) is 25.0 Å². The van der Waals surface area contributed by atoms with Crippen LogP contribution < -0.4 is 16.0 Å². The maximum absolute atomic E-state index is 12.2. The molecule has 0 aliphatic heterocycles. The second kappa shape index (κ2) is 5.05. The van der Waals surface area contributed by atoms with Crippen LogP contribution >= 0.6 is 11.3 Å². The molecule has 0 fully saturated rings. The van der Waals surface area contributed by atoms with Gasteiger partial charge in [-0.15, -0.1) is 11.3 Å². The Morgan fingerprint density at radius 1 is 1.44 bits per heavy atom. The van der Waals surface area contributed by atoms with Crippen LogP contribution in [0.2, 0.25) is 0 Å². The van der Waals surface area contributed by atoms with Crippen molar-refractivity contribution in [1.82, 2.24) is 4.98 Å². The van der Waals surface area contributed by atoms with Gasteiger partial charge in [0.05, 0.1) is 5.56 Å². The summed E-state index contributed by atoms with van der Waals surface area (Å²) in [6, 6.07) is 5.26. The molecule has 0 aliphatic carbocycles. The van der Waals surface area contributed by atoms with E-state index in [2.05, 4.69) is 10.3 Å². The van der Waals surface area contributed by atoms with Gasteiger partial charge in [0.15, 0.2) is 5.13 Å². The predicted octanol–water partition coefficient (Wildman–Crippen LogP) is 2.04. The zero-order chi connectivity index (χ0) is 13.1. The molecule has 2 aromatic rings. The minimum atomic E-state index is -0.207. The van der Waals surface area contributed by atoms with Crippen LogP contribution in [0, 0.1) is 0 Å². The van der Waals surface area contributed by atoms with Gasteiger partial charge < -0.3 is 10.6 Å². The molecule has 1 heterocycles. The van der Waals surface area contributed by atoms with Crippen LogP contribution in [0.15, 0.2) is 29.8 Å². The zero-order valence-electron chi connectivity index (χ0n) is 10.2. The number of aromatic nitrogens is 1. The summed E-state index contributed by atoms with van der Waals surface area (Å²) in [5.74, 6) is -0.207. The van der Waals surface area contributed by atoms with Crippen LogP contribution in [0.1, 0.15) is 10.4 Å². The fourth-order valence-electron chi connectivity index (χ4n) is 1.58. The number of anilines is 3. The van der Waals surface area contributed by atoms with E-state index in [0.29, 0.717) is 16.4 Å². The Labute approximate surface area is 109 Å². The maximum Gasteiger partial charge on any atom is 0.259 e. The number of nitrogens with one attached hydrogen (secondary N) is 1. The molecule has 1 amide bonds. The normalized spacial score (nSPS) is 10.1. The van der Waals surface area contributed by atoms with E-state index in [1.165, 1.54) is 11.3 Å². The molecule has 5 nitrogen and oxygen atoms in total. The summed E-state index contributed by atoms with van der Waals surface area (Å²) < 4.78 is 0. The molecule has 1 aromatic heterocycles. The molecule has 0 unspecified atom stereocenters. The summed E-state index contributed by atoms with van der Waals surface area (Å²) >= 11 is 1.38. The van der Waals surface area contributed by atoms with Gasteiger partial charge >= 0.3 is 0 Å². The summed E-state index contributed by atoms with van der Waals surface area (Å²) in [5, 5.41) is 5.13. The number of rotatable bonds is 3. The van der Waals surface area contributed by atoms with Crippen molar-refractivity contribution in [3.63, 3.8) is 0 Å². The van der Waals surface area contributed by atoms with Crippen molar-refractivity contribution in [2.45, 2.75) is 0 Å². The summed E-state index contributed by atoms with van der Waals surface area (Å²) in [5.41, 5.74) is 7.64. The highest BCUT2D eigenvalue weighted by molar-refractivity contribution is 7.13. The van der Waals surface area contributed by atoms with E-state index in [1.54, 1.807) is 18.3 Å². The first kappa shape index (κ1) is 12.4. The molecule has 0 spiro atoms. The minimum Gasteiger partial charge on any atom is -0.399 e. The molecule has 0 atom stereocenters. The number of nitrogen functional groups attached to an aromatic ring is 1. The molecule has 0 radical (unpaired) electrons. The summed E-state index contributed by atoms with van der Waals surface area (Å²) in [6.07, 6.45) is 1.65. The zero-order valence-corrected chi connectivity index (χ0v) is 11.0. The minimum absolute atomic E-state index is 0.207. The number of nitrogens with two attached hydrogens (primary N) is 1. The second-order valence-corrected chi connectivity index (χ2v) is 4.86. The Morgan fingerprint density at radius 3 is 2.83 bits per heavy atom. The predicted molar refractivity (Wildman–Crippen MR) is 75.2 cm³/mol. The maximum atomic E-state index is 12.2. The third-order valence-electron chi connectivity index (χ3n) is 2.40. The summed E-state index contributed by atoms with van der Waals surface area (Å²) in [4.78, 5) is 18.1. The third kappa shape index (κ3) is 2.60. The Kier molecular flexibility index (Phi) is 3.47. The summed E-state index contributed by atoms with van der Waals surface area (Å²) in [6.45, 7) is 0. The molecule has 2 rings (SSSR count). The second-order valence-electron chi connectivity index (χ2n) is 3.96. The quantitative estimate of drug-likeness (QED) is 0.830. The van der Waals surface area contributed by atoms with Gasteiger partial charge in [-0.2, -0.15) is 0 Å². The Hall–Kier alpha value is -2.08. The SMILES string of the molecule is CN(C)c1ccc(N)cc1C(=O)Nc1nccs1. The third-order valence-corrected chi connectivity index (χ3v) is 3.09. The first-order chi connectivity index (χ1) is 8.58. The number of benzene rings is 1. The Balaban J connectivity index is 2.31. The van der Waals surface area contributed by atoms with Crippen LogP contribution in [0.4, 0.5) is 16.5 Å². The van der Waals surface area contributed by atoms with E-state index in [-0.39, 0.29) is 5.91 Å². The van der Waals surface area contributed by atoms with Crippen molar-refractivity contribution in [3.05, 3.63) is 35.3 Å². The van der Waals surface area contributed by atoms with Crippen molar-refractivity contribution < 1.29 is 4.79 Å². The lowest BCUT2D eigenvalue weighted by atomic mass is 10.1. The molecule has 0 bridgehead atoms. The molecule has 1 aromatic carbocycles. The summed E-state index contributed by atoms with van der Waals surface area (Å²) in [7, 11) is 3.76. The number of nitrogens with zero attached hydrogens (tertiary/aromatic N) is 2. The van der Waals surface area contributed by atoms with Crippen molar-refractivity contribution in [3.8, 4) is 0 Å². The molecule has 6 heteroatoms. The van der Waals surface area contributed by atoms with Gasteiger partial charge in [-0.1, -0.05) is 0 Å². The first-order valence-corrected chi connectivity index (χ1v) is 6.23. The van der Waals surface area contributed by atoms with E-state index in [4.69, 9.17) is 5.73 Å². The average Bonchev–Trinajstić information content (AvgIpc) is 2.81. The first-order valence-electron chi connectivity index (χ1n) is 5.35. The highest BCUT2D eigenvalue weighted by Crippen LogP contribution is 2.23. The van der Waals surface area contributed by atoms with E-state index in [9.17, 15) is 4.79 Å². The molecular formula is C12H14N4OS. The lowest BCUT2D eigenvalue weighted by molar-refractivity contribution is 0.102. The largest absolute Gasteiger partial charge is 0.399 e. The number of carbonyl (C=O) groups is 1.